The highest BCUT2D eigenvalue weighted by atomic mass is 35.5. The molecule has 1 aliphatic rings. The zero-order chi connectivity index (χ0) is 25.5. The van der Waals surface area contributed by atoms with Crippen molar-refractivity contribution >= 4 is 17.5 Å². The number of likely N-dealkylation sites (tertiary alicyclic amines) is 1. The van der Waals surface area contributed by atoms with Crippen LogP contribution in [0.25, 0.3) is 11.1 Å². The topological polar surface area (TPSA) is 63.7 Å². The van der Waals surface area contributed by atoms with Gasteiger partial charge in [-0.2, -0.15) is 0 Å². The minimum absolute atomic E-state index is 0.114. The van der Waals surface area contributed by atoms with Gasteiger partial charge in [0.1, 0.15) is 22.5 Å². The van der Waals surface area contributed by atoms with Gasteiger partial charge in [0.25, 0.3) is 5.91 Å². The number of hydrogen-bond donors (Lipinski definition) is 1. The molecule has 1 aromatic heterocycles. The molecule has 0 unspecified atom stereocenters. The lowest BCUT2D eigenvalue weighted by Gasteiger charge is -2.32. The van der Waals surface area contributed by atoms with Crippen molar-refractivity contribution in [1.82, 2.24) is 15.2 Å². The predicted molar refractivity (Wildman–Crippen MR) is 139 cm³/mol. The Balaban J connectivity index is 1.44. The van der Waals surface area contributed by atoms with Crippen LogP contribution in [0.3, 0.4) is 0 Å². The van der Waals surface area contributed by atoms with Crippen molar-refractivity contribution < 1.29 is 18.7 Å². The van der Waals surface area contributed by atoms with Gasteiger partial charge in [-0.1, -0.05) is 23.7 Å². The third kappa shape index (κ3) is 6.53. The number of piperidine rings is 1. The molecule has 2 aromatic carbocycles. The van der Waals surface area contributed by atoms with Gasteiger partial charge in [-0.15, -0.1) is 0 Å². The fourth-order valence-electron chi connectivity index (χ4n) is 4.45. The Morgan fingerprint density at radius 2 is 1.69 bits per heavy atom. The first kappa shape index (κ1) is 25.9. The maximum absolute atomic E-state index is 13.5. The van der Waals surface area contributed by atoms with E-state index in [9.17, 15) is 9.18 Å². The van der Waals surface area contributed by atoms with Crippen molar-refractivity contribution in [3.63, 3.8) is 0 Å². The van der Waals surface area contributed by atoms with Gasteiger partial charge in [0.2, 0.25) is 0 Å². The summed E-state index contributed by atoms with van der Waals surface area (Å²) in [5, 5.41) is 3.47. The third-order valence-electron chi connectivity index (χ3n) is 6.18. The number of ether oxygens (including phenoxy) is 2. The van der Waals surface area contributed by atoms with Crippen molar-refractivity contribution in [2.75, 3.05) is 26.3 Å². The summed E-state index contributed by atoms with van der Waals surface area (Å²) < 4.78 is 25.5. The van der Waals surface area contributed by atoms with E-state index in [0.717, 1.165) is 60.7 Å². The van der Waals surface area contributed by atoms with Gasteiger partial charge < -0.3 is 14.8 Å². The summed E-state index contributed by atoms with van der Waals surface area (Å²) in [6.45, 7) is 7.37. The maximum atomic E-state index is 13.5. The number of nitrogens with zero attached hydrogens (tertiary/aromatic N) is 2. The van der Waals surface area contributed by atoms with Gasteiger partial charge >= 0.3 is 0 Å². The van der Waals surface area contributed by atoms with E-state index in [0.29, 0.717) is 23.9 Å². The van der Waals surface area contributed by atoms with Crippen LogP contribution in [0.2, 0.25) is 5.15 Å². The Morgan fingerprint density at radius 1 is 1.06 bits per heavy atom. The molecular weight excluding hydrogens is 481 g/mol. The quantitative estimate of drug-likeness (QED) is 0.371. The van der Waals surface area contributed by atoms with Crippen LogP contribution in [0, 0.1) is 5.82 Å². The molecule has 1 aliphatic heterocycles. The Bertz CT molecular complexity index is 1140. The van der Waals surface area contributed by atoms with Gasteiger partial charge in [0.05, 0.1) is 24.3 Å². The molecule has 36 heavy (non-hydrogen) atoms. The average Bonchev–Trinajstić information content (AvgIpc) is 2.87. The second kappa shape index (κ2) is 12.2. The van der Waals surface area contributed by atoms with Crippen molar-refractivity contribution in [2.24, 2.45) is 0 Å². The summed E-state index contributed by atoms with van der Waals surface area (Å²) >= 11 is 5.81. The summed E-state index contributed by atoms with van der Waals surface area (Å²) in [4.78, 5) is 18.9. The molecule has 1 N–H and O–H groups in total. The van der Waals surface area contributed by atoms with Gasteiger partial charge in [-0.3, -0.25) is 9.69 Å². The predicted octanol–water partition coefficient (Wildman–Crippen LogP) is 5.73. The molecule has 0 spiro atoms. The van der Waals surface area contributed by atoms with E-state index in [4.69, 9.17) is 21.1 Å². The number of pyridine rings is 1. The molecule has 1 fully saturated rings. The molecule has 0 atom stereocenters. The van der Waals surface area contributed by atoms with E-state index in [1.807, 2.05) is 26.0 Å². The Kier molecular flexibility index (Phi) is 8.78. The SMILES string of the molecule is CCOc1cc(CN2CCC(NC(=O)c3ccc(Cl)nc3)CC2)cc(OCC)c1-c1ccc(F)cc1. The molecule has 6 nitrogen and oxygen atoms in total. The number of amides is 1. The summed E-state index contributed by atoms with van der Waals surface area (Å²) in [6.07, 6.45) is 3.21. The van der Waals surface area contributed by atoms with E-state index >= 15 is 0 Å². The average molecular weight is 512 g/mol. The number of rotatable bonds is 9. The van der Waals surface area contributed by atoms with E-state index in [1.165, 1.54) is 18.3 Å². The lowest BCUT2D eigenvalue weighted by atomic mass is 9.99. The van der Waals surface area contributed by atoms with Crippen LogP contribution in [0.4, 0.5) is 4.39 Å². The van der Waals surface area contributed by atoms with Gasteiger partial charge in [0, 0.05) is 31.9 Å². The summed E-state index contributed by atoms with van der Waals surface area (Å²) in [5.41, 5.74) is 3.28. The third-order valence-corrected chi connectivity index (χ3v) is 6.40. The van der Waals surface area contributed by atoms with Crippen LogP contribution in [0.15, 0.2) is 54.7 Å². The molecule has 4 rings (SSSR count). The van der Waals surface area contributed by atoms with E-state index < -0.39 is 0 Å². The Morgan fingerprint density at radius 3 is 2.25 bits per heavy atom. The van der Waals surface area contributed by atoms with Crippen molar-refractivity contribution in [3.05, 3.63) is 76.8 Å². The summed E-state index contributed by atoms with van der Waals surface area (Å²) in [5.74, 6) is 1.04. The highest BCUT2D eigenvalue weighted by Crippen LogP contribution is 2.40. The first-order valence-corrected chi connectivity index (χ1v) is 12.7. The number of hydrogen-bond acceptors (Lipinski definition) is 5. The molecule has 0 radical (unpaired) electrons. The zero-order valence-corrected chi connectivity index (χ0v) is 21.4. The van der Waals surface area contributed by atoms with Gasteiger partial charge in [0.15, 0.2) is 0 Å². The van der Waals surface area contributed by atoms with E-state index in [1.54, 1.807) is 24.3 Å². The van der Waals surface area contributed by atoms with Crippen LogP contribution in [-0.2, 0) is 6.54 Å². The molecule has 0 saturated carbocycles. The molecule has 3 aromatic rings. The van der Waals surface area contributed by atoms with Crippen LogP contribution in [0.1, 0.15) is 42.6 Å². The molecule has 8 heteroatoms. The maximum Gasteiger partial charge on any atom is 0.253 e. The summed E-state index contributed by atoms with van der Waals surface area (Å²) in [7, 11) is 0. The molecule has 0 aliphatic carbocycles. The van der Waals surface area contributed by atoms with Gasteiger partial charge in [-0.05, 0) is 74.2 Å². The van der Waals surface area contributed by atoms with Crippen LogP contribution < -0.4 is 14.8 Å². The smallest absolute Gasteiger partial charge is 0.253 e. The molecule has 190 valence electrons. The summed E-state index contributed by atoms with van der Waals surface area (Å²) in [6, 6.07) is 13.9. The number of carbonyl (C=O) groups excluding carboxylic acids is 1. The molecular formula is C28H31ClFN3O3. The Labute approximate surface area is 216 Å². The van der Waals surface area contributed by atoms with Crippen LogP contribution in [-0.4, -0.2) is 48.1 Å². The first-order chi connectivity index (χ1) is 17.5. The largest absolute Gasteiger partial charge is 0.493 e. The minimum Gasteiger partial charge on any atom is -0.493 e. The van der Waals surface area contributed by atoms with Crippen molar-refractivity contribution in [2.45, 2.75) is 39.3 Å². The van der Waals surface area contributed by atoms with E-state index in [2.05, 4.69) is 15.2 Å². The molecule has 1 amide bonds. The minimum atomic E-state index is -0.282. The number of carbonyl (C=O) groups is 1. The van der Waals surface area contributed by atoms with E-state index in [-0.39, 0.29) is 17.8 Å². The normalized spacial score (nSPS) is 14.4. The standard InChI is InChI=1S/C28H31ClFN3O3/c1-3-35-24-15-19(16-25(36-4-2)27(24)20-5-8-22(30)9-6-20)18-33-13-11-23(12-14-33)32-28(34)21-7-10-26(29)31-17-21/h5-10,15-17,23H,3-4,11-14,18H2,1-2H3,(H,32,34). The highest BCUT2D eigenvalue weighted by molar-refractivity contribution is 6.29. The monoisotopic (exact) mass is 511 g/mol. The molecule has 2 heterocycles. The van der Waals surface area contributed by atoms with Crippen LogP contribution in [0.5, 0.6) is 11.5 Å². The highest BCUT2D eigenvalue weighted by Gasteiger charge is 2.23. The lowest BCUT2D eigenvalue weighted by molar-refractivity contribution is 0.0908. The van der Waals surface area contributed by atoms with Crippen molar-refractivity contribution in [1.29, 1.82) is 0 Å². The second-order valence-electron chi connectivity index (χ2n) is 8.73. The number of benzene rings is 2. The Hall–Kier alpha value is -3.16. The second-order valence-corrected chi connectivity index (χ2v) is 9.12. The van der Waals surface area contributed by atoms with Gasteiger partial charge in [-0.25, -0.2) is 9.37 Å². The fraction of sp³-hybridized carbons (Fsp3) is 0.357. The first-order valence-electron chi connectivity index (χ1n) is 12.3. The number of aromatic nitrogens is 1. The van der Waals surface area contributed by atoms with Crippen molar-refractivity contribution in [3.8, 4) is 22.6 Å². The fourth-order valence-corrected chi connectivity index (χ4v) is 4.56. The lowest BCUT2D eigenvalue weighted by Crippen LogP contribution is -2.44. The molecule has 1 saturated heterocycles. The number of nitrogens with one attached hydrogen (secondary N) is 1. The number of halogens is 2. The zero-order valence-electron chi connectivity index (χ0n) is 20.6. The van der Waals surface area contributed by atoms with Crippen LogP contribution >= 0.6 is 11.6 Å². The molecule has 0 bridgehead atoms.